The third-order valence-electron chi connectivity index (χ3n) is 4.89. The zero-order valence-corrected chi connectivity index (χ0v) is 19.5. The molecule has 6 nitrogen and oxygen atoms in total. The van der Waals surface area contributed by atoms with Crippen LogP contribution in [0.3, 0.4) is 0 Å². The van der Waals surface area contributed by atoms with E-state index in [0.717, 1.165) is 16.8 Å². The van der Waals surface area contributed by atoms with Gasteiger partial charge in [-0.05, 0) is 60.2 Å². The maximum absolute atomic E-state index is 13.3. The number of rotatable bonds is 8. The fraction of sp³-hybridized carbons (Fsp3) is 0.148. The van der Waals surface area contributed by atoms with Crippen molar-refractivity contribution in [1.29, 1.82) is 0 Å². The maximum Gasteiger partial charge on any atom is 0.344 e. The molecular weight excluding hydrogens is 448 g/mol. The molecule has 1 heterocycles. The fourth-order valence-corrected chi connectivity index (χ4v) is 4.26. The molecule has 0 bridgehead atoms. The number of amides is 1. The van der Waals surface area contributed by atoms with Gasteiger partial charge in [-0.15, -0.1) is 0 Å². The van der Waals surface area contributed by atoms with E-state index in [2.05, 4.69) is 0 Å². The molecule has 3 aromatic rings. The molecule has 0 spiro atoms. The van der Waals surface area contributed by atoms with E-state index in [0.29, 0.717) is 29.0 Å². The van der Waals surface area contributed by atoms with E-state index in [1.165, 1.54) is 11.8 Å². The molecule has 1 fully saturated rings. The highest BCUT2D eigenvalue weighted by Crippen LogP contribution is 2.35. The van der Waals surface area contributed by atoms with Crippen molar-refractivity contribution in [3.05, 3.63) is 101 Å². The average molecular weight is 473 g/mol. The lowest BCUT2D eigenvalue weighted by atomic mass is 10.2. The lowest BCUT2D eigenvalue weighted by molar-refractivity contribution is -0.145. The van der Waals surface area contributed by atoms with Crippen LogP contribution in [-0.4, -0.2) is 35.2 Å². The summed E-state index contributed by atoms with van der Waals surface area (Å²) in [6, 6.07) is 26.7. The largest absolute Gasteiger partial charge is 0.482 e. The Morgan fingerprint density at radius 1 is 0.971 bits per heavy atom. The molecule has 4 rings (SSSR count). The Hall–Kier alpha value is -3.84. The topological polar surface area (TPSA) is 68.2 Å². The number of aliphatic imine (C=N–C) groups is 1. The van der Waals surface area contributed by atoms with Gasteiger partial charge in [-0.3, -0.25) is 9.69 Å². The van der Waals surface area contributed by atoms with E-state index >= 15 is 0 Å². The Kier molecular flexibility index (Phi) is 7.78. The first-order valence-corrected chi connectivity index (χ1v) is 11.7. The van der Waals surface area contributed by atoms with Crippen LogP contribution in [-0.2, 0) is 20.9 Å². The van der Waals surface area contributed by atoms with Crippen molar-refractivity contribution in [2.45, 2.75) is 13.5 Å². The van der Waals surface area contributed by atoms with Gasteiger partial charge in [-0.1, -0.05) is 60.7 Å². The number of carbonyl (C=O) groups excluding carboxylic acids is 2. The maximum atomic E-state index is 13.3. The molecule has 0 atom stereocenters. The summed E-state index contributed by atoms with van der Waals surface area (Å²) < 4.78 is 10.3. The number of benzene rings is 3. The number of hydrogen-bond acceptors (Lipinski definition) is 6. The molecule has 1 amide bonds. The standard InChI is InChI=1S/C27H24N2O4S/c1-2-32-25(30)19-33-23-15-13-20(14-16-23)17-24-26(31)29(18-21-9-5-3-6-10-21)27(34-24)28-22-11-7-4-8-12-22/h3-17H,2,18-19H2,1H3/b24-17+,28-27?. The van der Waals surface area contributed by atoms with E-state index in [1.807, 2.05) is 78.9 Å². The van der Waals surface area contributed by atoms with Gasteiger partial charge in [0.05, 0.1) is 23.7 Å². The van der Waals surface area contributed by atoms with E-state index in [9.17, 15) is 9.59 Å². The number of nitrogens with zero attached hydrogens (tertiary/aromatic N) is 2. The van der Waals surface area contributed by atoms with E-state index in [1.54, 1.807) is 24.0 Å². The highest BCUT2D eigenvalue weighted by Gasteiger charge is 2.33. The second-order valence-corrected chi connectivity index (χ2v) is 8.39. The Morgan fingerprint density at radius 2 is 1.65 bits per heavy atom. The predicted molar refractivity (Wildman–Crippen MR) is 135 cm³/mol. The number of para-hydroxylation sites is 1. The molecule has 172 valence electrons. The van der Waals surface area contributed by atoms with Gasteiger partial charge >= 0.3 is 5.97 Å². The van der Waals surface area contributed by atoms with Crippen LogP contribution < -0.4 is 4.74 Å². The summed E-state index contributed by atoms with van der Waals surface area (Å²) in [5.41, 5.74) is 2.67. The number of carbonyl (C=O) groups is 2. The van der Waals surface area contributed by atoms with Crippen LogP contribution in [0.2, 0.25) is 0 Å². The Bertz CT molecular complexity index is 1190. The first-order chi connectivity index (χ1) is 16.6. The molecule has 1 saturated heterocycles. The lowest BCUT2D eigenvalue weighted by Crippen LogP contribution is -2.28. The first kappa shape index (κ1) is 23.3. The van der Waals surface area contributed by atoms with Gasteiger partial charge in [0.1, 0.15) is 5.75 Å². The Balaban J connectivity index is 1.54. The van der Waals surface area contributed by atoms with E-state index in [4.69, 9.17) is 14.5 Å². The van der Waals surface area contributed by atoms with Crippen LogP contribution >= 0.6 is 11.8 Å². The predicted octanol–water partition coefficient (Wildman–Crippen LogP) is 5.43. The monoisotopic (exact) mass is 472 g/mol. The lowest BCUT2D eigenvalue weighted by Gasteiger charge is -2.15. The van der Waals surface area contributed by atoms with Crippen LogP contribution in [0.4, 0.5) is 5.69 Å². The van der Waals surface area contributed by atoms with Crippen molar-refractivity contribution in [2.75, 3.05) is 13.2 Å². The van der Waals surface area contributed by atoms with Crippen molar-refractivity contribution in [2.24, 2.45) is 4.99 Å². The van der Waals surface area contributed by atoms with Crippen LogP contribution in [0.25, 0.3) is 6.08 Å². The van der Waals surface area contributed by atoms with Gasteiger partial charge in [0, 0.05) is 0 Å². The SMILES string of the molecule is CCOC(=O)COc1ccc(/C=C2/SC(=Nc3ccccc3)N(Cc3ccccc3)C2=O)cc1. The summed E-state index contributed by atoms with van der Waals surface area (Å²) in [6.07, 6.45) is 1.84. The third-order valence-corrected chi connectivity index (χ3v) is 5.90. The van der Waals surface area contributed by atoms with E-state index < -0.39 is 5.97 Å². The van der Waals surface area contributed by atoms with Crippen LogP contribution in [0.1, 0.15) is 18.1 Å². The molecule has 0 N–H and O–H groups in total. The highest BCUT2D eigenvalue weighted by molar-refractivity contribution is 8.18. The van der Waals surface area contributed by atoms with Crippen LogP contribution in [0.5, 0.6) is 5.75 Å². The number of thioether (sulfide) groups is 1. The summed E-state index contributed by atoms with van der Waals surface area (Å²) in [4.78, 5) is 31.8. The molecule has 0 aromatic heterocycles. The molecule has 7 heteroatoms. The number of amidine groups is 1. The van der Waals surface area contributed by atoms with Crippen molar-refractivity contribution in [3.8, 4) is 5.75 Å². The second kappa shape index (κ2) is 11.3. The first-order valence-electron chi connectivity index (χ1n) is 10.9. The molecule has 3 aromatic carbocycles. The minimum Gasteiger partial charge on any atom is -0.482 e. The molecule has 0 radical (unpaired) electrons. The molecule has 0 aliphatic carbocycles. The summed E-state index contributed by atoms with van der Waals surface area (Å²) in [7, 11) is 0. The second-order valence-electron chi connectivity index (χ2n) is 7.38. The molecule has 1 aliphatic rings. The van der Waals surface area contributed by atoms with Crippen molar-refractivity contribution < 1.29 is 19.1 Å². The Morgan fingerprint density at radius 3 is 2.32 bits per heavy atom. The zero-order valence-electron chi connectivity index (χ0n) is 18.7. The highest BCUT2D eigenvalue weighted by atomic mass is 32.2. The summed E-state index contributed by atoms with van der Waals surface area (Å²) in [5, 5.41) is 0.640. The molecule has 0 unspecified atom stereocenters. The quantitative estimate of drug-likeness (QED) is 0.323. The van der Waals surface area contributed by atoms with Gasteiger partial charge in [-0.2, -0.15) is 0 Å². The summed E-state index contributed by atoms with van der Waals surface area (Å²) in [5.74, 6) is 0.0502. The average Bonchev–Trinajstić information content (AvgIpc) is 3.14. The van der Waals surface area contributed by atoms with Gasteiger partial charge < -0.3 is 9.47 Å². The minimum absolute atomic E-state index is 0.0915. The van der Waals surface area contributed by atoms with E-state index in [-0.39, 0.29) is 12.5 Å². The molecule has 34 heavy (non-hydrogen) atoms. The Labute approximate surface area is 202 Å². The molecule has 0 saturated carbocycles. The van der Waals surface area contributed by atoms with Gasteiger partial charge in [0.15, 0.2) is 11.8 Å². The molecule has 1 aliphatic heterocycles. The van der Waals surface area contributed by atoms with Crippen molar-refractivity contribution in [3.63, 3.8) is 0 Å². The van der Waals surface area contributed by atoms with Crippen molar-refractivity contribution >= 4 is 40.6 Å². The fourth-order valence-electron chi connectivity index (χ4n) is 3.27. The number of ether oxygens (including phenoxy) is 2. The van der Waals surface area contributed by atoms with Gasteiger partial charge in [0.25, 0.3) is 5.91 Å². The van der Waals surface area contributed by atoms with Gasteiger partial charge in [0.2, 0.25) is 0 Å². The minimum atomic E-state index is -0.412. The van der Waals surface area contributed by atoms with Gasteiger partial charge in [-0.25, -0.2) is 9.79 Å². The normalized spacial score (nSPS) is 15.7. The summed E-state index contributed by atoms with van der Waals surface area (Å²) >= 11 is 1.35. The summed E-state index contributed by atoms with van der Waals surface area (Å²) in [6.45, 7) is 2.36. The third kappa shape index (κ3) is 6.14. The van der Waals surface area contributed by atoms with Crippen molar-refractivity contribution in [1.82, 2.24) is 4.90 Å². The van der Waals surface area contributed by atoms with Crippen LogP contribution in [0, 0.1) is 0 Å². The zero-order chi connectivity index (χ0) is 23.8. The molecular formula is C27H24N2O4S. The number of esters is 1. The smallest absolute Gasteiger partial charge is 0.344 e. The van der Waals surface area contributed by atoms with Crippen LogP contribution in [0.15, 0.2) is 94.8 Å². The number of hydrogen-bond donors (Lipinski definition) is 0.